The van der Waals surface area contributed by atoms with Crippen molar-refractivity contribution >= 4 is 5.97 Å². The maximum atomic E-state index is 11.5. The summed E-state index contributed by atoms with van der Waals surface area (Å²) in [7, 11) is 1.46. The minimum Gasteiger partial charge on any atom is -0.468 e. The van der Waals surface area contributed by atoms with Gasteiger partial charge in [-0.25, -0.2) is 0 Å². The molecule has 1 heterocycles. The van der Waals surface area contributed by atoms with Crippen molar-refractivity contribution in [3.05, 3.63) is 30.1 Å². The number of nitrogens with zero attached hydrogens (tertiary/aromatic N) is 2. The van der Waals surface area contributed by atoms with Gasteiger partial charge in [-0.05, 0) is 37.0 Å². The first-order valence-corrected chi connectivity index (χ1v) is 6.99. The van der Waals surface area contributed by atoms with E-state index >= 15 is 0 Å². The first-order valence-electron chi connectivity index (χ1n) is 6.99. The van der Waals surface area contributed by atoms with Crippen molar-refractivity contribution in [3.63, 3.8) is 0 Å². The molecular formula is C15H22N2O2. The molecule has 1 aliphatic rings. The molecule has 0 N–H and O–H groups in total. The Hall–Kier alpha value is -1.42. The number of pyridine rings is 1. The second-order valence-electron chi connectivity index (χ2n) is 5.09. The molecule has 0 saturated heterocycles. The number of methoxy groups -OCH3 is 1. The van der Waals surface area contributed by atoms with E-state index in [0.29, 0.717) is 12.6 Å². The van der Waals surface area contributed by atoms with Crippen molar-refractivity contribution in [1.82, 2.24) is 9.88 Å². The normalized spacial score (nSPS) is 15.9. The van der Waals surface area contributed by atoms with Gasteiger partial charge in [0.15, 0.2) is 0 Å². The van der Waals surface area contributed by atoms with Crippen molar-refractivity contribution < 1.29 is 9.53 Å². The molecule has 0 bridgehead atoms. The fraction of sp³-hybridized carbons (Fsp3) is 0.600. The van der Waals surface area contributed by atoms with Gasteiger partial charge in [-0.15, -0.1) is 0 Å². The number of hydrogen-bond acceptors (Lipinski definition) is 4. The Morgan fingerprint density at radius 1 is 1.37 bits per heavy atom. The number of rotatable bonds is 6. The lowest BCUT2D eigenvalue weighted by Crippen LogP contribution is -2.39. The predicted molar refractivity (Wildman–Crippen MR) is 73.8 cm³/mol. The Morgan fingerprint density at radius 3 is 2.68 bits per heavy atom. The highest BCUT2D eigenvalue weighted by Gasteiger charge is 2.24. The molecule has 4 nitrogen and oxygen atoms in total. The summed E-state index contributed by atoms with van der Waals surface area (Å²) in [5, 5.41) is 0. The molecule has 104 valence electrons. The first-order chi connectivity index (χ1) is 9.29. The zero-order valence-electron chi connectivity index (χ0n) is 11.5. The highest BCUT2D eigenvalue weighted by atomic mass is 16.5. The summed E-state index contributed by atoms with van der Waals surface area (Å²) in [4.78, 5) is 17.8. The van der Waals surface area contributed by atoms with Crippen LogP contribution in [0.2, 0.25) is 0 Å². The smallest absolute Gasteiger partial charge is 0.319 e. The molecule has 0 amide bonds. The van der Waals surface area contributed by atoms with Crippen LogP contribution in [0.5, 0.6) is 0 Å². The molecule has 1 aliphatic carbocycles. The van der Waals surface area contributed by atoms with Gasteiger partial charge in [0.2, 0.25) is 0 Å². The first kappa shape index (κ1) is 14.0. The Labute approximate surface area is 114 Å². The van der Waals surface area contributed by atoms with Crippen LogP contribution < -0.4 is 0 Å². The fourth-order valence-corrected chi connectivity index (χ4v) is 2.71. The largest absolute Gasteiger partial charge is 0.468 e. The summed E-state index contributed by atoms with van der Waals surface area (Å²) in [5.41, 5.74) is 1.27. The maximum absolute atomic E-state index is 11.5. The molecule has 0 spiro atoms. The quantitative estimate of drug-likeness (QED) is 0.736. The summed E-state index contributed by atoms with van der Waals surface area (Å²) in [5.74, 6) is -0.137. The zero-order chi connectivity index (χ0) is 13.5. The van der Waals surface area contributed by atoms with Gasteiger partial charge in [0, 0.05) is 25.0 Å². The maximum Gasteiger partial charge on any atom is 0.319 e. The van der Waals surface area contributed by atoms with E-state index in [2.05, 4.69) is 9.88 Å². The van der Waals surface area contributed by atoms with E-state index < -0.39 is 0 Å². The third-order valence-electron chi connectivity index (χ3n) is 3.84. The van der Waals surface area contributed by atoms with E-state index in [1.165, 1.54) is 38.4 Å². The van der Waals surface area contributed by atoms with Crippen LogP contribution in [0.4, 0.5) is 0 Å². The molecule has 4 heteroatoms. The van der Waals surface area contributed by atoms with Crippen LogP contribution in [0.3, 0.4) is 0 Å². The average Bonchev–Trinajstić information content (AvgIpc) is 2.98. The second-order valence-corrected chi connectivity index (χ2v) is 5.09. The Morgan fingerprint density at radius 2 is 2.05 bits per heavy atom. The average molecular weight is 262 g/mol. The Kier molecular flexibility index (Phi) is 5.33. The van der Waals surface area contributed by atoms with Crippen LogP contribution in [-0.4, -0.2) is 42.1 Å². The van der Waals surface area contributed by atoms with Gasteiger partial charge in [-0.3, -0.25) is 14.7 Å². The van der Waals surface area contributed by atoms with Gasteiger partial charge < -0.3 is 4.74 Å². The molecule has 1 aromatic rings. The molecule has 0 unspecified atom stereocenters. The van der Waals surface area contributed by atoms with Gasteiger partial charge in [-0.2, -0.15) is 0 Å². The van der Waals surface area contributed by atoms with Crippen LogP contribution in [-0.2, 0) is 16.0 Å². The van der Waals surface area contributed by atoms with E-state index in [1.807, 2.05) is 24.5 Å². The summed E-state index contributed by atoms with van der Waals surface area (Å²) in [6.07, 6.45) is 9.54. The lowest BCUT2D eigenvalue weighted by molar-refractivity contribution is -0.142. The molecule has 0 aromatic carbocycles. The monoisotopic (exact) mass is 262 g/mol. The van der Waals surface area contributed by atoms with Crippen LogP contribution in [0.25, 0.3) is 0 Å². The third-order valence-corrected chi connectivity index (χ3v) is 3.84. The molecule has 2 rings (SSSR count). The van der Waals surface area contributed by atoms with Gasteiger partial charge in [0.1, 0.15) is 0 Å². The van der Waals surface area contributed by atoms with Gasteiger partial charge >= 0.3 is 5.97 Å². The second kappa shape index (κ2) is 7.24. The van der Waals surface area contributed by atoms with Crippen molar-refractivity contribution in [2.45, 2.75) is 38.1 Å². The number of esters is 1. The van der Waals surface area contributed by atoms with E-state index in [9.17, 15) is 4.79 Å². The van der Waals surface area contributed by atoms with E-state index in [1.54, 1.807) is 0 Å². The van der Waals surface area contributed by atoms with Gasteiger partial charge in [0.05, 0.1) is 13.7 Å². The number of ether oxygens (including phenoxy) is 1. The van der Waals surface area contributed by atoms with Crippen LogP contribution in [0.1, 0.15) is 31.2 Å². The molecule has 19 heavy (non-hydrogen) atoms. The van der Waals surface area contributed by atoms with E-state index in [-0.39, 0.29) is 5.97 Å². The number of carbonyl (C=O) groups excluding carboxylic acids is 1. The van der Waals surface area contributed by atoms with E-state index in [0.717, 1.165) is 13.0 Å². The molecule has 1 aromatic heterocycles. The number of aromatic nitrogens is 1. The topological polar surface area (TPSA) is 42.4 Å². The van der Waals surface area contributed by atoms with E-state index in [4.69, 9.17) is 4.74 Å². The highest BCUT2D eigenvalue weighted by Crippen LogP contribution is 2.23. The van der Waals surface area contributed by atoms with Crippen molar-refractivity contribution in [2.24, 2.45) is 0 Å². The molecule has 1 fully saturated rings. The number of hydrogen-bond donors (Lipinski definition) is 0. The molecule has 0 atom stereocenters. The SMILES string of the molecule is COC(=O)CN(CCc1ccncc1)C1CCCC1. The molecular weight excluding hydrogens is 240 g/mol. The van der Waals surface area contributed by atoms with Gasteiger partial charge in [0.25, 0.3) is 0 Å². The zero-order valence-corrected chi connectivity index (χ0v) is 11.5. The highest BCUT2D eigenvalue weighted by molar-refractivity contribution is 5.71. The van der Waals surface area contributed by atoms with Crippen molar-refractivity contribution in [2.75, 3.05) is 20.2 Å². The minimum absolute atomic E-state index is 0.137. The summed E-state index contributed by atoms with van der Waals surface area (Å²) >= 11 is 0. The summed E-state index contributed by atoms with van der Waals surface area (Å²) in [6.45, 7) is 1.32. The Bertz CT molecular complexity index is 388. The van der Waals surface area contributed by atoms with Crippen molar-refractivity contribution in [1.29, 1.82) is 0 Å². The predicted octanol–water partition coefficient (Wildman–Crippen LogP) is 2.04. The third kappa shape index (κ3) is 4.31. The van der Waals surface area contributed by atoms with Crippen LogP contribution in [0.15, 0.2) is 24.5 Å². The Balaban J connectivity index is 1.91. The van der Waals surface area contributed by atoms with Gasteiger partial charge in [-0.1, -0.05) is 12.8 Å². The van der Waals surface area contributed by atoms with Crippen LogP contribution >= 0.6 is 0 Å². The van der Waals surface area contributed by atoms with Crippen molar-refractivity contribution in [3.8, 4) is 0 Å². The summed E-state index contributed by atoms with van der Waals surface area (Å²) in [6, 6.07) is 4.61. The lowest BCUT2D eigenvalue weighted by Gasteiger charge is -2.27. The number of carbonyl (C=O) groups is 1. The standard InChI is InChI=1S/C15H22N2O2/c1-19-15(18)12-17(14-4-2-3-5-14)11-8-13-6-9-16-10-7-13/h6-7,9-10,14H,2-5,8,11-12H2,1H3. The lowest BCUT2D eigenvalue weighted by atomic mass is 10.1. The summed E-state index contributed by atoms with van der Waals surface area (Å²) < 4.78 is 4.80. The molecule has 0 aliphatic heterocycles. The fourth-order valence-electron chi connectivity index (χ4n) is 2.71. The minimum atomic E-state index is -0.137. The molecule has 1 saturated carbocycles. The van der Waals surface area contributed by atoms with Crippen LogP contribution in [0, 0.1) is 0 Å². The molecule has 0 radical (unpaired) electrons.